The third-order valence-electron chi connectivity index (χ3n) is 2.98. The molecule has 1 aromatic rings. The summed E-state index contributed by atoms with van der Waals surface area (Å²) in [5.41, 5.74) is 6.45. The number of nitrogens with zero attached hydrogens (tertiary/aromatic N) is 2. The van der Waals surface area contributed by atoms with Gasteiger partial charge >= 0.3 is 5.69 Å². The number of para-hydroxylation sites is 1. The van der Waals surface area contributed by atoms with E-state index < -0.39 is 4.92 Å². The summed E-state index contributed by atoms with van der Waals surface area (Å²) in [6.45, 7) is 4.15. The van der Waals surface area contributed by atoms with Crippen molar-refractivity contribution < 1.29 is 4.92 Å². The summed E-state index contributed by atoms with van der Waals surface area (Å²) in [5, 5.41) is 11.0. The molecule has 0 radical (unpaired) electrons. The zero-order valence-electron chi connectivity index (χ0n) is 10.5. The fourth-order valence-electron chi connectivity index (χ4n) is 1.88. The molecule has 0 fully saturated rings. The second-order valence-corrected chi connectivity index (χ2v) is 4.22. The molecule has 0 aromatic heterocycles. The molecule has 0 saturated heterocycles. The van der Waals surface area contributed by atoms with Gasteiger partial charge in [0.2, 0.25) is 0 Å². The van der Waals surface area contributed by atoms with Crippen LogP contribution in [0.5, 0.6) is 0 Å². The predicted octanol–water partition coefficient (Wildman–Crippen LogP) is 2.80. The summed E-state index contributed by atoms with van der Waals surface area (Å²) in [6.07, 6.45) is 2.03. The number of nitrogens with two attached hydrogens (primary N) is 1. The van der Waals surface area contributed by atoms with E-state index >= 15 is 0 Å². The number of benzene rings is 1. The van der Waals surface area contributed by atoms with E-state index in [9.17, 15) is 10.1 Å². The molecule has 0 bridgehead atoms. The van der Waals surface area contributed by atoms with Crippen molar-refractivity contribution in [3.05, 3.63) is 28.3 Å². The van der Waals surface area contributed by atoms with Crippen molar-refractivity contribution in [1.82, 2.24) is 0 Å². The van der Waals surface area contributed by atoms with Gasteiger partial charge in [-0.05, 0) is 25.5 Å². The maximum atomic E-state index is 11.0. The van der Waals surface area contributed by atoms with Crippen molar-refractivity contribution in [2.45, 2.75) is 32.7 Å². The number of nitro benzene ring substituents is 1. The molecule has 94 valence electrons. The number of hydrogen-bond acceptors (Lipinski definition) is 4. The number of anilines is 2. The van der Waals surface area contributed by atoms with Gasteiger partial charge in [0.1, 0.15) is 11.4 Å². The zero-order chi connectivity index (χ0) is 13.0. The van der Waals surface area contributed by atoms with Gasteiger partial charge in [-0.15, -0.1) is 0 Å². The van der Waals surface area contributed by atoms with Crippen LogP contribution in [0.4, 0.5) is 17.1 Å². The number of rotatable bonds is 5. The van der Waals surface area contributed by atoms with Crippen molar-refractivity contribution in [1.29, 1.82) is 0 Å². The van der Waals surface area contributed by atoms with E-state index in [0.29, 0.717) is 5.69 Å². The van der Waals surface area contributed by atoms with Gasteiger partial charge in [0.05, 0.1) is 4.92 Å². The first-order valence-electron chi connectivity index (χ1n) is 5.74. The van der Waals surface area contributed by atoms with E-state index in [2.05, 4.69) is 13.8 Å². The predicted molar refractivity (Wildman–Crippen MR) is 70.3 cm³/mol. The molecule has 17 heavy (non-hydrogen) atoms. The van der Waals surface area contributed by atoms with Gasteiger partial charge in [0.25, 0.3) is 0 Å². The van der Waals surface area contributed by atoms with Crippen molar-refractivity contribution >= 4 is 17.1 Å². The second-order valence-electron chi connectivity index (χ2n) is 4.22. The van der Waals surface area contributed by atoms with Crippen LogP contribution in [-0.2, 0) is 0 Å². The van der Waals surface area contributed by atoms with Crippen molar-refractivity contribution in [2.24, 2.45) is 0 Å². The van der Waals surface area contributed by atoms with Gasteiger partial charge < -0.3 is 10.6 Å². The van der Waals surface area contributed by atoms with Crippen molar-refractivity contribution in [3.8, 4) is 0 Å². The smallest absolute Gasteiger partial charge is 0.315 e. The van der Waals surface area contributed by atoms with Crippen LogP contribution in [0.1, 0.15) is 26.7 Å². The molecule has 5 heteroatoms. The normalized spacial score (nSPS) is 12.2. The quantitative estimate of drug-likeness (QED) is 0.485. The van der Waals surface area contributed by atoms with E-state index in [0.717, 1.165) is 12.8 Å². The van der Waals surface area contributed by atoms with Gasteiger partial charge in [-0.1, -0.05) is 19.4 Å². The lowest BCUT2D eigenvalue weighted by molar-refractivity contribution is -0.383. The second kappa shape index (κ2) is 5.52. The van der Waals surface area contributed by atoms with Crippen molar-refractivity contribution in [3.63, 3.8) is 0 Å². The SMILES string of the molecule is CCCC(C)N(C)c1cccc(N)c1[N+](=O)[O-]. The summed E-state index contributed by atoms with van der Waals surface area (Å²) in [5.74, 6) is 0. The highest BCUT2D eigenvalue weighted by Crippen LogP contribution is 2.34. The molecule has 1 atom stereocenters. The third kappa shape index (κ3) is 2.87. The molecule has 1 rings (SSSR count). The average Bonchev–Trinajstić information content (AvgIpc) is 2.27. The summed E-state index contributed by atoms with van der Waals surface area (Å²) in [4.78, 5) is 12.5. The molecule has 0 amide bonds. The summed E-state index contributed by atoms with van der Waals surface area (Å²) in [6, 6.07) is 5.29. The zero-order valence-corrected chi connectivity index (χ0v) is 10.5. The molecule has 0 aliphatic carbocycles. The van der Waals surface area contributed by atoms with Gasteiger partial charge in [0.15, 0.2) is 0 Å². The standard InChI is InChI=1S/C12H19N3O2/c1-4-6-9(2)14(3)11-8-5-7-10(13)12(11)15(16)17/h5,7-9H,4,6,13H2,1-3H3. The molecule has 0 aliphatic heterocycles. The third-order valence-corrected chi connectivity index (χ3v) is 2.98. The molecular weight excluding hydrogens is 218 g/mol. The lowest BCUT2D eigenvalue weighted by Gasteiger charge is -2.26. The molecule has 0 aliphatic rings. The van der Waals surface area contributed by atoms with Crippen LogP contribution in [0.2, 0.25) is 0 Å². The van der Waals surface area contributed by atoms with Gasteiger partial charge in [-0.25, -0.2) is 0 Å². The number of nitro groups is 1. The Morgan fingerprint density at radius 3 is 2.71 bits per heavy atom. The molecule has 0 heterocycles. The summed E-state index contributed by atoms with van der Waals surface area (Å²) >= 11 is 0. The topological polar surface area (TPSA) is 72.4 Å². The van der Waals surface area contributed by atoms with E-state index in [1.165, 1.54) is 0 Å². The van der Waals surface area contributed by atoms with Crippen LogP contribution in [-0.4, -0.2) is 18.0 Å². The molecule has 1 aromatic carbocycles. The lowest BCUT2D eigenvalue weighted by atomic mass is 10.1. The molecule has 1 unspecified atom stereocenters. The van der Waals surface area contributed by atoms with E-state index in [-0.39, 0.29) is 17.4 Å². The Morgan fingerprint density at radius 1 is 1.53 bits per heavy atom. The lowest BCUT2D eigenvalue weighted by Crippen LogP contribution is -2.29. The maximum Gasteiger partial charge on any atom is 0.315 e. The Kier molecular flexibility index (Phi) is 4.31. The monoisotopic (exact) mass is 237 g/mol. The minimum atomic E-state index is -0.417. The molecule has 5 nitrogen and oxygen atoms in total. The Hall–Kier alpha value is -1.78. The van der Waals surface area contributed by atoms with Crippen LogP contribution in [0.3, 0.4) is 0 Å². The van der Waals surface area contributed by atoms with Crippen LogP contribution in [0.15, 0.2) is 18.2 Å². The van der Waals surface area contributed by atoms with E-state index in [1.54, 1.807) is 18.2 Å². The van der Waals surface area contributed by atoms with Gasteiger partial charge in [-0.3, -0.25) is 10.1 Å². The van der Waals surface area contributed by atoms with E-state index in [4.69, 9.17) is 5.73 Å². The minimum Gasteiger partial charge on any atom is -0.393 e. The Balaban J connectivity index is 3.13. The van der Waals surface area contributed by atoms with Crippen LogP contribution in [0, 0.1) is 10.1 Å². The first kappa shape index (κ1) is 13.3. The van der Waals surface area contributed by atoms with Crippen LogP contribution in [0.25, 0.3) is 0 Å². The van der Waals surface area contributed by atoms with Gasteiger partial charge in [-0.2, -0.15) is 0 Å². The first-order chi connectivity index (χ1) is 7.99. The molecule has 2 N–H and O–H groups in total. The highest BCUT2D eigenvalue weighted by atomic mass is 16.6. The minimum absolute atomic E-state index is 0.00190. The maximum absolute atomic E-state index is 11.0. The highest BCUT2D eigenvalue weighted by molar-refractivity contribution is 5.75. The highest BCUT2D eigenvalue weighted by Gasteiger charge is 2.22. The summed E-state index contributed by atoms with van der Waals surface area (Å²) in [7, 11) is 1.86. The average molecular weight is 237 g/mol. The molecule has 0 saturated carbocycles. The Labute approximate surface area is 101 Å². The van der Waals surface area contributed by atoms with Crippen molar-refractivity contribution in [2.75, 3.05) is 17.7 Å². The Bertz CT molecular complexity index is 407. The molecule has 0 spiro atoms. The molecular formula is C12H19N3O2. The Morgan fingerprint density at radius 2 is 2.18 bits per heavy atom. The fraction of sp³-hybridized carbons (Fsp3) is 0.500. The van der Waals surface area contributed by atoms with E-state index in [1.807, 2.05) is 11.9 Å². The number of hydrogen-bond donors (Lipinski definition) is 1. The summed E-state index contributed by atoms with van der Waals surface area (Å²) < 4.78 is 0. The number of nitrogen functional groups attached to an aromatic ring is 1. The largest absolute Gasteiger partial charge is 0.393 e. The van der Waals surface area contributed by atoms with Gasteiger partial charge in [0, 0.05) is 13.1 Å². The first-order valence-corrected chi connectivity index (χ1v) is 5.74. The van der Waals surface area contributed by atoms with Crippen LogP contribution >= 0.6 is 0 Å². The van der Waals surface area contributed by atoms with Crippen LogP contribution < -0.4 is 10.6 Å². The fourth-order valence-corrected chi connectivity index (χ4v) is 1.88.